The van der Waals surface area contributed by atoms with Crippen LogP contribution in [0, 0.1) is 31.6 Å². The lowest BCUT2D eigenvalue weighted by atomic mass is 9.75. The molecule has 0 radical (unpaired) electrons. The molecule has 0 aliphatic heterocycles. The van der Waals surface area contributed by atoms with Crippen LogP contribution in [-0.2, 0) is 0 Å². The maximum Gasteiger partial charge on any atom is 0.387 e. The fourth-order valence-electron chi connectivity index (χ4n) is 5.35. The van der Waals surface area contributed by atoms with Gasteiger partial charge in [0.25, 0.3) is 0 Å². The fraction of sp³-hybridized carbons (Fsp3) is 0.571. The fourth-order valence-corrected chi connectivity index (χ4v) is 6.59. The summed E-state index contributed by atoms with van der Waals surface area (Å²) in [4.78, 5) is 0. The van der Waals surface area contributed by atoms with Gasteiger partial charge in [-0.15, -0.1) is 0 Å². The number of benzene rings is 2. The van der Waals surface area contributed by atoms with Crippen molar-refractivity contribution in [1.29, 1.82) is 0 Å². The molecule has 1 aliphatic rings. The second-order valence-electron chi connectivity index (χ2n) is 10.6. The van der Waals surface area contributed by atoms with E-state index in [1.165, 1.54) is 24.0 Å². The van der Waals surface area contributed by atoms with E-state index in [2.05, 4.69) is 66.7 Å². The largest absolute Gasteiger partial charge is 0.493 e. The zero-order valence-corrected chi connectivity index (χ0v) is 22.3. The molecule has 1 aromatic heterocycles. The predicted molar refractivity (Wildman–Crippen MR) is 138 cm³/mol. The van der Waals surface area contributed by atoms with Gasteiger partial charge in [0, 0.05) is 10.8 Å². The van der Waals surface area contributed by atoms with Crippen LogP contribution in [0.1, 0.15) is 76.5 Å². The van der Waals surface area contributed by atoms with Crippen LogP contribution in [0.5, 0.6) is 5.75 Å². The van der Waals surface area contributed by atoms with Crippen molar-refractivity contribution in [2.45, 2.75) is 79.8 Å². The second-order valence-corrected chi connectivity index (χ2v) is 11.6. The summed E-state index contributed by atoms with van der Waals surface area (Å²) in [5, 5.41) is 2.06. The molecular weight excluding hydrogens is 431 g/mol. The van der Waals surface area contributed by atoms with Crippen molar-refractivity contribution in [3.8, 4) is 5.75 Å². The molecule has 4 unspecified atom stereocenters. The molecule has 180 valence electrons. The Morgan fingerprint density at radius 1 is 0.970 bits per heavy atom. The highest BCUT2D eigenvalue weighted by atomic mass is 31.1. The normalized spacial score (nSPS) is 21.9. The molecule has 5 heteroatoms. The highest BCUT2D eigenvalue weighted by Gasteiger charge is 2.33. The van der Waals surface area contributed by atoms with E-state index in [1.807, 2.05) is 6.07 Å². The topological polar surface area (TPSA) is 44.7 Å². The maximum absolute atomic E-state index is 6.68. The summed E-state index contributed by atoms with van der Waals surface area (Å²) in [7, 11) is 0.0812. The van der Waals surface area contributed by atoms with Gasteiger partial charge in [-0.25, -0.2) is 0 Å². The molecule has 0 saturated heterocycles. The van der Waals surface area contributed by atoms with Crippen molar-refractivity contribution in [2.75, 3.05) is 7.11 Å². The molecule has 0 N–H and O–H groups in total. The number of ether oxygens (including phenoxy) is 1. The molecule has 4 nitrogen and oxygen atoms in total. The van der Waals surface area contributed by atoms with Gasteiger partial charge in [0.2, 0.25) is 0 Å². The third kappa shape index (κ3) is 4.98. The number of aryl methyl sites for hydroxylation is 2. The first-order valence-electron chi connectivity index (χ1n) is 12.3. The van der Waals surface area contributed by atoms with Crippen LogP contribution >= 0.6 is 8.24 Å². The SMILES string of the molecule is COc1cc(C)cc2c1op(OC1CC(C)CCC1C(C)C)oc1cc(C)c(C(C)C)cc12. The molecule has 2 aromatic carbocycles. The number of hydrogen-bond acceptors (Lipinski definition) is 4. The first kappa shape index (κ1) is 24.2. The van der Waals surface area contributed by atoms with Crippen LogP contribution < -0.4 is 9.26 Å². The van der Waals surface area contributed by atoms with E-state index in [0.717, 1.165) is 39.7 Å². The van der Waals surface area contributed by atoms with E-state index in [0.29, 0.717) is 23.7 Å². The van der Waals surface area contributed by atoms with Crippen LogP contribution in [0.15, 0.2) is 32.7 Å². The Hall–Kier alpha value is -1.90. The van der Waals surface area contributed by atoms with Crippen LogP contribution in [0.4, 0.5) is 0 Å². The monoisotopic (exact) mass is 470 g/mol. The van der Waals surface area contributed by atoms with E-state index in [1.54, 1.807) is 7.11 Å². The summed E-state index contributed by atoms with van der Waals surface area (Å²) >= 11 is 0. The Kier molecular flexibility index (Phi) is 7.17. The first-order valence-corrected chi connectivity index (χ1v) is 13.4. The molecule has 1 aliphatic carbocycles. The molecule has 0 spiro atoms. The van der Waals surface area contributed by atoms with Gasteiger partial charge in [-0.2, -0.15) is 0 Å². The van der Waals surface area contributed by atoms with Crippen LogP contribution in [-0.4, -0.2) is 13.2 Å². The zero-order chi connectivity index (χ0) is 23.9. The minimum Gasteiger partial charge on any atom is -0.493 e. The Bertz CT molecular complexity index is 1180. The third-order valence-corrected chi connectivity index (χ3v) is 8.34. The van der Waals surface area contributed by atoms with Gasteiger partial charge in [0.15, 0.2) is 11.3 Å². The average Bonchev–Trinajstić information content (AvgIpc) is 2.88. The van der Waals surface area contributed by atoms with Gasteiger partial charge in [0.05, 0.1) is 13.2 Å². The lowest BCUT2D eigenvalue weighted by Gasteiger charge is -2.35. The standard InChI is InChI=1S/C28H39O4P/c1-16(2)21-10-9-18(5)12-25(21)30-33-31-26-14-20(7)22(17(3)4)15-23(26)24-11-19(6)13-27(29-8)28(24)32-33/h11,13-18,21,25H,9-10,12H2,1-8H3. The number of hydrogen-bond donors (Lipinski definition) is 0. The highest BCUT2D eigenvalue weighted by molar-refractivity contribution is 7.31. The minimum absolute atomic E-state index is 0.136. The van der Waals surface area contributed by atoms with Gasteiger partial charge in [-0.3, -0.25) is 4.52 Å². The summed E-state index contributed by atoms with van der Waals surface area (Å²) in [6.45, 7) is 15.6. The number of methoxy groups -OCH3 is 1. The summed E-state index contributed by atoms with van der Waals surface area (Å²) in [5.74, 6) is 2.88. The Morgan fingerprint density at radius 2 is 1.73 bits per heavy atom. The Morgan fingerprint density at radius 3 is 2.39 bits per heavy atom. The van der Waals surface area contributed by atoms with Crippen molar-refractivity contribution < 1.29 is 17.7 Å². The van der Waals surface area contributed by atoms with Gasteiger partial charge >= 0.3 is 8.24 Å². The van der Waals surface area contributed by atoms with Crippen molar-refractivity contribution in [3.05, 3.63) is 41.0 Å². The Balaban J connectivity index is 1.97. The van der Waals surface area contributed by atoms with Gasteiger partial charge in [0.1, 0.15) is 5.58 Å². The maximum atomic E-state index is 6.68. The van der Waals surface area contributed by atoms with E-state index >= 15 is 0 Å². The van der Waals surface area contributed by atoms with Crippen molar-refractivity contribution in [3.63, 3.8) is 0 Å². The summed E-state index contributed by atoms with van der Waals surface area (Å²) in [6.07, 6.45) is 3.64. The van der Waals surface area contributed by atoms with Gasteiger partial charge in [-0.1, -0.05) is 41.0 Å². The molecule has 0 bridgehead atoms. The third-order valence-electron chi connectivity index (χ3n) is 7.22. The zero-order valence-electron chi connectivity index (χ0n) is 21.4. The highest BCUT2D eigenvalue weighted by Crippen LogP contribution is 2.43. The molecule has 1 saturated carbocycles. The van der Waals surface area contributed by atoms with Crippen molar-refractivity contribution >= 4 is 30.2 Å². The van der Waals surface area contributed by atoms with E-state index in [-0.39, 0.29) is 6.10 Å². The smallest absolute Gasteiger partial charge is 0.387 e. The van der Waals surface area contributed by atoms with Crippen LogP contribution in [0.2, 0.25) is 0 Å². The van der Waals surface area contributed by atoms with Gasteiger partial charge < -0.3 is 13.1 Å². The predicted octanol–water partition coefficient (Wildman–Crippen LogP) is 8.93. The number of rotatable bonds is 5. The molecule has 1 fully saturated rings. The van der Waals surface area contributed by atoms with E-state index < -0.39 is 8.24 Å². The van der Waals surface area contributed by atoms with Crippen molar-refractivity contribution in [2.24, 2.45) is 17.8 Å². The molecule has 33 heavy (non-hydrogen) atoms. The quantitative estimate of drug-likeness (QED) is 0.373. The molecule has 0 amide bonds. The van der Waals surface area contributed by atoms with Crippen LogP contribution in [0.3, 0.4) is 0 Å². The molecule has 4 atom stereocenters. The lowest BCUT2D eigenvalue weighted by molar-refractivity contribution is 0.0746. The lowest BCUT2D eigenvalue weighted by Crippen LogP contribution is -2.35. The summed E-state index contributed by atoms with van der Waals surface area (Å²) < 4.78 is 25.5. The van der Waals surface area contributed by atoms with Crippen LogP contribution in [0.25, 0.3) is 21.9 Å². The first-order chi connectivity index (χ1) is 15.7. The van der Waals surface area contributed by atoms with Crippen molar-refractivity contribution in [1.82, 2.24) is 0 Å². The molecule has 1 heterocycles. The van der Waals surface area contributed by atoms with Gasteiger partial charge in [-0.05, 0) is 91.3 Å². The summed E-state index contributed by atoms with van der Waals surface area (Å²) in [5.41, 5.74) is 5.22. The molecule has 4 rings (SSSR count). The number of fused-ring (bicyclic) bond motifs is 3. The second kappa shape index (κ2) is 9.76. The van der Waals surface area contributed by atoms with E-state index in [9.17, 15) is 0 Å². The summed E-state index contributed by atoms with van der Waals surface area (Å²) in [6, 6.07) is 8.60. The minimum atomic E-state index is -1.61. The van der Waals surface area contributed by atoms with E-state index in [4.69, 9.17) is 17.7 Å². The molecular formula is C28H39O4P. The molecule has 3 aromatic rings. The average molecular weight is 471 g/mol. The Labute approximate surface area is 199 Å².